The van der Waals surface area contributed by atoms with Gasteiger partial charge in [-0.15, -0.1) is 0 Å². The van der Waals surface area contributed by atoms with Crippen LogP contribution in [0.1, 0.15) is 36.0 Å². The Morgan fingerprint density at radius 1 is 1.29 bits per heavy atom. The standard InChI is InChI=1S/C12H16FN3O/c13-9-7-10(11(14)15-8-9)12(17)16-5-3-1-2-4-6-16/h7-8H,1-6H2,(H2,14,15). The number of rotatable bonds is 1. The maximum absolute atomic E-state index is 13.1. The summed E-state index contributed by atoms with van der Waals surface area (Å²) in [5, 5.41) is 0. The Bertz CT molecular complexity index is 414. The number of nitrogen functional groups attached to an aromatic ring is 1. The van der Waals surface area contributed by atoms with Crippen LogP contribution in [0.3, 0.4) is 0 Å². The average Bonchev–Trinajstić information content (AvgIpc) is 2.60. The summed E-state index contributed by atoms with van der Waals surface area (Å²) in [6.45, 7) is 1.43. The molecule has 0 aliphatic carbocycles. The molecule has 4 nitrogen and oxygen atoms in total. The Hall–Kier alpha value is -1.65. The molecule has 0 spiro atoms. The van der Waals surface area contributed by atoms with Gasteiger partial charge in [-0.25, -0.2) is 9.37 Å². The van der Waals surface area contributed by atoms with Gasteiger partial charge in [0.1, 0.15) is 11.6 Å². The minimum absolute atomic E-state index is 0.0978. The first-order valence-corrected chi connectivity index (χ1v) is 5.89. The second-order valence-corrected chi connectivity index (χ2v) is 4.29. The van der Waals surface area contributed by atoms with Gasteiger partial charge in [-0.1, -0.05) is 12.8 Å². The lowest BCUT2D eigenvalue weighted by Gasteiger charge is -2.20. The van der Waals surface area contributed by atoms with Crippen molar-refractivity contribution in [3.63, 3.8) is 0 Å². The summed E-state index contributed by atoms with van der Waals surface area (Å²) < 4.78 is 13.1. The van der Waals surface area contributed by atoms with Crippen LogP contribution >= 0.6 is 0 Å². The molecule has 0 bridgehead atoms. The van der Waals surface area contributed by atoms with Crippen LogP contribution in [0, 0.1) is 5.82 Å². The molecule has 1 aromatic rings. The predicted molar refractivity (Wildman–Crippen MR) is 63.0 cm³/mol. The molecule has 2 N–H and O–H groups in total. The van der Waals surface area contributed by atoms with Crippen molar-refractivity contribution >= 4 is 11.7 Å². The van der Waals surface area contributed by atoms with Gasteiger partial charge in [0, 0.05) is 13.1 Å². The molecule has 0 unspecified atom stereocenters. The van der Waals surface area contributed by atoms with Crippen molar-refractivity contribution in [3.8, 4) is 0 Å². The molecule has 1 saturated heterocycles. The molecule has 0 radical (unpaired) electrons. The first-order valence-electron chi connectivity index (χ1n) is 5.89. The summed E-state index contributed by atoms with van der Waals surface area (Å²) >= 11 is 0. The van der Waals surface area contributed by atoms with E-state index in [-0.39, 0.29) is 17.3 Å². The van der Waals surface area contributed by atoms with Crippen LogP contribution in [0.5, 0.6) is 0 Å². The van der Waals surface area contributed by atoms with Gasteiger partial charge in [-0.05, 0) is 18.9 Å². The smallest absolute Gasteiger partial charge is 0.257 e. The molecule has 2 rings (SSSR count). The van der Waals surface area contributed by atoms with E-state index in [4.69, 9.17) is 5.73 Å². The molecule has 1 aliphatic rings. The maximum Gasteiger partial charge on any atom is 0.257 e. The van der Waals surface area contributed by atoms with Gasteiger partial charge in [0.15, 0.2) is 0 Å². The van der Waals surface area contributed by atoms with Crippen LogP contribution in [0.2, 0.25) is 0 Å². The van der Waals surface area contributed by atoms with E-state index in [0.29, 0.717) is 0 Å². The van der Waals surface area contributed by atoms with Crippen LogP contribution in [0.15, 0.2) is 12.3 Å². The number of amides is 1. The minimum Gasteiger partial charge on any atom is -0.383 e. The molecule has 92 valence electrons. The number of carbonyl (C=O) groups is 1. The number of pyridine rings is 1. The number of carbonyl (C=O) groups excluding carboxylic acids is 1. The van der Waals surface area contributed by atoms with Gasteiger partial charge < -0.3 is 10.6 Å². The highest BCUT2D eigenvalue weighted by molar-refractivity contribution is 5.98. The SMILES string of the molecule is Nc1ncc(F)cc1C(=O)N1CCCCCC1. The second-order valence-electron chi connectivity index (χ2n) is 4.29. The third-order valence-electron chi connectivity index (χ3n) is 3.01. The van der Waals surface area contributed by atoms with E-state index >= 15 is 0 Å². The summed E-state index contributed by atoms with van der Waals surface area (Å²) in [6.07, 6.45) is 5.29. The van der Waals surface area contributed by atoms with E-state index < -0.39 is 5.82 Å². The fraction of sp³-hybridized carbons (Fsp3) is 0.500. The highest BCUT2D eigenvalue weighted by Crippen LogP contribution is 2.16. The van der Waals surface area contributed by atoms with Crippen LogP contribution in [-0.2, 0) is 0 Å². The maximum atomic E-state index is 13.1. The number of halogens is 1. The molecule has 1 fully saturated rings. The summed E-state index contributed by atoms with van der Waals surface area (Å²) in [6, 6.07) is 1.16. The first kappa shape index (κ1) is 11.8. The molecule has 0 aromatic carbocycles. The van der Waals surface area contributed by atoms with Gasteiger partial charge >= 0.3 is 0 Å². The lowest BCUT2D eigenvalue weighted by atomic mass is 10.2. The van der Waals surface area contributed by atoms with Gasteiger partial charge in [0.2, 0.25) is 0 Å². The van der Waals surface area contributed by atoms with Crippen molar-refractivity contribution in [3.05, 3.63) is 23.6 Å². The van der Waals surface area contributed by atoms with Crippen LogP contribution in [0.4, 0.5) is 10.2 Å². The molecule has 17 heavy (non-hydrogen) atoms. The quantitative estimate of drug-likeness (QED) is 0.810. The molecule has 1 aliphatic heterocycles. The summed E-state index contributed by atoms with van der Waals surface area (Å²) in [5.41, 5.74) is 5.78. The topological polar surface area (TPSA) is 59.2 Å². The highest BCUT2D eigenvalue weighted by atomic mass is 19.1. The molecule has 0 atom stereocenters. The van der Waals surface area contributed by atoms with Crippen molar-refractivity contribution in [2.24, 2.45) is 0 Å². The molecule has 1 amide bonds. The number of aromatic nitrogens is 1. The number of anilines is 1. The lowest BCUT2D eigenvalue weighted by molar-refractivity contribution is 0.0762. The minimum atomic E-state index is -0.530. The Balaban J connectivity index is 2.20. The van der Waals surface area contributed by atoms with Crippen LogP contribution < -0.4 is 5.73 Å². The van der Waals surface area contributed by atoms with Gasteiger partial charge in [-0.3, -0.25) is 4.79 Å². The Morgan fingerprint density at radius 2 is 1.94 bits per heavy atom. The summed E-state index contributed by atoms with van der Waals surface area (Å²) in [7, 11) is 0. The summed E-state index contributed by atoms with van der Waals surface area (Å²) in [5.74, 6) is -0.644. The Kier molecular flexibility index (Phi) is 3.56. The Labute approximate surface area is 99.6 Å². The molecule has 1 aromatic heterocycles. The van der Waals surface area contributed by atoms with Crippen LogP contribution in [0.25, 0.3) is 0 Å². The molecular formula is C12H16FN3O. The van der Waals surface area contributed by atoms with E-state index in [1.54, 1.807) is 4.90 Å². The zero-order valence-electron chi connectivity index (χ0n) is 9.66. The third-order valence-corrected chi connectivity index (χ3v) is 3.01. The van der Waals surface area contributed by atoms with E-state index in [0.717, 1.165) is 51.0 Å². The van der Waals surface area contributed by atoms with Crippen molar-refractivity contribution in [1.82, 2.24) is 9.88 Å². The van der Waals surface area contributed by atoms with E-state index in [1.807, 2.05) is 0 Å². The normalized spacial score (nSPS) is 16.6. The largest absolute Gasteiger partial charge is 0.383 e. The highest BCUT2D eigenvalue weighted by Gasteiger charge is 2.20. The molecule has 2 heterocycles. The van der Waals surface area contributed by atoms with Crippen LogP contribution in [-0.4, -0.2) is 28.9 Å². The fourth-order valence-corrected chi connectivity index (χ4v) is 2.07. The van der Waals surface area contributed by atoms with Gasteiger partial charge in [0.05, 0.1) is 11.8 Å². The third kappa shape index (κ3) is 2.72. The average molecular weight is 237 g/mol. The zero-order valence-corrected chi connectivity index (χ0v) is 9.66. The number of nitrogens with zero attached hydrogens (tertiary/aromatic N) is 2. The molecular weight excluding hydrogens is 221 g/mol. The number of nitrogens with two attached hydrogens (primary N) is 1. The molecule has 0 saturated carbocycles. The zero-order chi connectivity index (χ0) is 12.3. The number of likely N-dealkylation sites (tertiary alicyclic amines) is 1. The van der Waals surface area contributed by atoms with Gasteiger partial charge in [-0.2, -0.15) is 0 Å². The van der Waals surface area contributed by atoms with Crippen molar-refractivity contribution < 1.29 is 9.18 Å². The summed E-state index contributed by atoms with van der Waals surface area (Å²) in [4.78, 5) is 17.6. The predicted octanol–water partition coefficient (Wildman–Crippen LogP) is 1.82. The van der Waals surface area contributed by atoms with Crippen molar-refractivity contribution in [1.29, 1.82) is 0 Å². The number of hydrogen-bond acceptors (Lipinski definition) is 3. The van der Waals surface area contributed by atoms with Crippen molar-refractivity contribution in [2.45, 2.75) is 25.7 Å². The fourth-order valence-electron chi connectivity index (χ4n) is 2.07. The number of hydrogen-bond donors (Lipinski definition) is 1. The van der Waals surface area contributed by atoms with E-state index in [2.05, 4.69) is 4.98 Å². The molecule has 5 heteroatoms. The second kappa shape index (κ2) is 5.12. The van der Waals surface area contributed by atoms with Gasteiger partial charge in [0.25, 0.3) is 5.91 Å². The Morgan fingerprint density at radius 3 is 2.59 bits per heavy atom. The monoisotopic (exact) mass is 237 g/mol. The lowest BCUT2D eigenvalue weighted by Crippen LogP contribution is -2.32. The van der Waals surface area contributed by atoms with Crippen molar-refractivity contribution in [2.75, 3.05) is 18.8 Å². The first-order chi connectivity index (χ1) is 8.18. The van der Waals surface area contributed by atoms with E-state index in [9.17, 15) is 9.18 Å². The van der Waals surface area contributed by atoms with E-state index in [1.165, 1.54) is 0 Å².